The summed E-state index contributed by atoms with van der Waals surface area (Å²) in [4.78, 5) is 0. The number of alkyl halides is 3. The zero-order valence-electron chi connectivity index (χ0n) is 19.5. The molecule has 0 saturated carbocycles. The lowest BCUT2D eigenvalue weighted by atomic mass is 9.87. The van der Waals surface area contributed by atoms with Crippen LogP contribution in [-0.2, 0) is 15.9 Å². The molecule has 190 valence electrons. The molecule has 0 fully saturated rings. The van der Waals surface area contributed by atoms with E-state index in [4.69, 9.17) is 9.47 Å². The molecule has 34 heavy (non-hydrogen) atoms. The van der Waals surface area contributed by atoms with E-state index in [1.165, 1.54) is 11.1 Å². The first-order chi connectivity index (χ1) is 15.8. The van der Waals surface area contributed by atoms with E-state index in [1.807, 2.05) is 24.3 Å². The Morgan fingerprint density at radius 3 is 1.79 bits per heavy atom. The lowest BCUT2D eigenvalue weighted by molar-refractivity contribution is -0.274. The number of hydrogen-bond donors (Lipinski definition) is 4. The minimum Gasteiger partial charge on any atom is -0.394 e. The largest absolute Gasteiger partial charge is 0.394 e. The van der Waals surface area contributed by atoms with Crippen LogP contribution in [0.5, 0.6) is 0 Å². The van der Waals surface area contributed by atoms with Gasteiger partial charge in [0.15, 0.2) is 3.23 Å². The topological polar surface area (TPSA) is 99.4 Å². The van der Waals surface area contributed by atoms with E-state index in [-0.39, 0.29) is 32.8 Å². The molecule has 0 spiro atoms. The number of rotatable bonds is 11. The fourth-order valence-corrected chi connectivity index (χ4v) is 5.70. The highest BCUT2D eigenvalue weighted by molar-refractivity contribution is 9.26. The molecule has 0 aliphatic carbocycles. The standard InChI is InChI=1S/C24H30Br4O6/c1-14-15(2)17(4)21(25)20(16(14)3)19-8-6-5-7-18(19)13-22(33-11-9-29,34-12-10-30)23(26,27)24(28,31)32/h5-8,29-32H,9-13H2,1-4H3. The van der Waals surface area contributed by atoms with Crippen LogP contribution in [0.1, 0.15) is 27.8 Å². The van der Waals surface area contributed by atoms with E-state index in [2.05, 4.69) is 91.4 Å². The Morgan fingerprint density at radius 1 is 0.794 bits per heavy atom. The van der Waals surface area contributed by atoms with Gasteiger partial charge in [0, 0.05) is 10.9 Å². The van der Waals surface area contributed by atoms with Gasteiger partial charge in [-0.3, -0.25) is 0 Å². The summed E-state index contributed by atoms with van der Waals surface area (Å²) in [5, 5.41) is 40.0. The van der Waals surface area contributed by atoms with Gasteiger partial charge >= 0.3 is 0 Å². The van der Waals surface area contributed by atoms with Gasteiger partial charge in [-0.05, 0) is 98.5 Å². The van der Waals surface area contributed by atoms with Gasteiger partial charge in [-0.25, -0.2) is 0 Å². The summed E-state index contributed by atoms with van der Waals surface area (Å²) in [6.45, 7) is 7.37. The van der Waals surface area contributed by atoms with Crippen LogP contribution in [0, 0.1) is 27.7 Å². The average Bonchev–Trinajstić information content (AvgIpc) is 2.78. The minimum absolute atomic E-state index is 0.0337. The highest BCUT2D eigenvalue weighted by Gasteiger charge is 2.62. The van der Waals surface area contributed by atoms with Gasteiger partial charge < -0.3 is 29.9 Å². The fourth-order valence-electron chi connectivity index (χ4n) is 3.86. The van der Waals surface area contributed by atoms with Crippen molar-refractivity contribution in [3.63, 3.8) is 0 Å². The molecule has 2 aromatic carbocycles. The fraction of sp³-hybridized carbons (Fsp3) is 0.500. The van der Waals surface area contributed by atoms with Crippen molar-refractivity contribution < 1.29 is 29.9 Å². The van der Waals surface area contributed by atoms with Gasteiger partial charge in [0.1, 0.15) is 0 Å². The molecule has 0 aromatic heterocycles. The Bertz CT molecular complexity index is 967. The molecule has 0 atom stereocenters. The maximum Gasteiger partial charge on any atom is 0.253 e. The first-order valence-electron chi connectivity index (χ1n) is 10.6. The first-order valence-corrected chi connectivity index (χ1v) is 13.8. The molecule has 2 rings (SSSR count). The Kier molecular flexibility index (Phi) is 10.8. The van der Waals surface area contributed by atoms with E-state index in [0.717, 1.165) is 32.3 Å². The van der Waals surface area contributed by atoms with E-state index in [9.17, 15) is 20.4 Å². The molecule has 10 heteroatoms. The molecule has 0 amide bonds. The predicted octanol–water partition coefficient (Wildman–Crippen LogP) is 5.13. The summed E-state index contributed by atoms with van der Waals surface area (Å²) in [5.74, 6) is -1.77. The summed E-state index contributed by atoms with van der Waals surface area (Å²) in [7, 11) is 0. The number of aliphatic hydroxyl groups is 4. The molecule has 4 N–H and O–H groups in total. The van der Waals surface area contributed by atoms with Crippen molar-refractivity contribution in [3.05, 3.63) is 56.6 Å². The SMILES string of the molecule is Cc1c(C)c(C)c(-c2ccccc2CC(OCCO)(OCCO)C(Br)(Br)C(O)(O)Br)c(Br)c1C. The second kappa shape index (κ2) is 12.1. The van der Waals surface area contributed by atoms with Crippen LogP contribution >= 0.6 is 63.7 Å². The summed E-state index contributed by atoms with van der Waals surface area (Å²) in [6.07, 6.45) is 0.0337. The monoisotopic (exact) mass is 730 g/mol. The lowest BCUT2D eigenvalue weighted by Gasteiger charge is -2.46. The highest BCUT2D eigenvalue weighted by atomic mass is 79.9. The third kappa shape index (κ3) is 5.98. The molecule has 0 radical (unpaired) electrons. The van der Waals surface area contributed by atoms with Gasteiger partial charge in [0.25, 0.3) is 4.70 Å². The van der Waals surface area contributed by atoms with Crippen molar-refractivity contribution in [2.75, 3.05) is 26.4 Å². The van der Waals surface area contributed by atoms with Gasteiger partial charge in [0.2, 0.25) is 5.79 Å². The zero-order chi connectivity index (χ0) is 25.9. The van der Waals surface area contributed by atoms with Crippen LogP contribution in [0.15, 0.2) is 28.7 Å². The van der Waals surface area contributed by atoms with E-state index in [0.29, 0.717) is 0 Å². The molecule has 0 aliphatic heterocycles. The van der Waals surface area contributed by atoms with Crippen molar-refractivity contribution in [2.45, 2.75) is 47.8 Å². The quantitative estimate of drug-likeness (QED) is 0.189. The van der Waals surface area contributed by atoms with E-state index in [1.54, 1.807) is 0 Å². The number of hydrogen-bond acceptors (Lipinski definition) is 6. The lowest BCUT2D eigenvalue weighted by Crippen LogP contribution is -2.62. The van der Waals surface area contributed by atoms with Crippen LogP contribution in [0.4, 0.5) is 0 Å². The first kappa shape index (κ1) is 30.3. The molecule has 0 unspecified atom stereocenters. The Hall–Kier alpha value is 0.120. The van der Waals surface area contributed by atoms with Gasteiger partial charge in [-0.2, -0.15) is 0 Å². The van der Waals surface area contributed by atoms with Crippen LogP contribution in [0.2, 0.25) is 0 Å². The number of aliphatic hydroxyl groups excluding tert-OH is 2. The molecule has 0 aliphatic rings. The van der Waals surface area contributed by atoms with Gasteiger partial charge in [0.05, 0.1) is 26.4 Å². The molecule has 0 heterocycles. The second-order valence-corrected chi connectivity index (χ2v) is 13.4. The van der Waals surface area contributed by atoms with Crippen molar-refractivity contribution in [1.29, 1.82) is 0 Å². The van der Waals surface area contributed by atoms with Crippen molar-refractivity contribution in [2.24, 2.45) is 0 Å². The summed E-state index contributed by atoms with van der Waals surface area (Å²) in [5.41, 5.74) is 7.37. The van der Waals surface area contributed by atoms with Gasteiger partial charge in [-0.1, -0.05) is 56.1 Å². The molecule has 6 nitrogen and oxygen atoms in total. The molecular formula is C24H30Br4O6. The maximum atomic E-state index is 10.5. The third-order valence-corrected chi connectivity index (χ3v) is 11.0. The van der Waals surface area contributed by atoms with Crippen LogP contribution in [0.3, 0.4) is 0 Å². The Morgan fingerprint density at radius 2 is 1.29 bits per heavy atom. The normalized spacial score (nSPS) is 12.9. The summed E-state index contributed by atoms with van der Waals surface area (Å²) in [6, 6.07) is 7.71. The number of ether oxygens (including phenoxy) is 2. The molecule has 0 bridgehead atoms. The maximum absolute atomic E-state index is 10.5. The van der Waals surface area contributed by atoms with Crippen LogP contribution < -0.4 is 0 Å². The van der Waals surface area contributed by atoms with E-state index < -0.39 is 13.7 Å². The highest BCUT2D eigenvalue weighted by Crippen LogP contribution is 2.53. The summed E-state index contributed by atoms with van der Waals surface area (Å²) < 4.78 is 8.55. The van der Waals surface area contributed by atoms with Crippen LogP contribution in [0.25, 0.3) is 11.1 Å². The van der Waals surface area contributed by atoms with E-state index >= 15 is 0 Å². The number of halogens is 4. The van der Waals surface area contributed by atoms with Gasteiger partial charge in [-0.15, -0.1) is 0 Å². The number of benzene rings is 2. The minimum atomic E-state index is -2.53. The molecule has 0 saturated heterocycles. The van der Waals surface area contributed by atoms with Crippen molar-refractivity contribution in [1.82, 2.24) is 0 Å². The third-order valence-electron chi connectivity index (χ3n) is 6.05. The smallest absolute Gasteiger partial charge is 0.253 e. The zero-order valence-corrected chi connectivity index (χ0v) is 25.8. The summed E-state index contributed by atoms with van der Waals surface area (Å²) >= 11 is 13.3. The average molecular weight is 734 g/mol. The van der Waals surface area contributed by atoms with Crippen LogP contribution in [-0.4, -0.2) is 60.6 Å². The van der Waals surface area contributed by atoms with Crippen molar-refractivity contribution >= 4 is 63.7 Å². The second-order valence-electron chi connectivity index (χ2n) is 8.08. The predicted molar refractivity (Wildman–Crippen MR) is 148 cm³/mol. The molecular weight excluding hydrogens is 704 g/mol. The Labute approximate surface area is 234 Å². The molecule has 2 aromatic rings. The Balaban J connectivity index is 2.79. The van der Waals surface area contributed by atoms with Crippen molar-refractivity contribution in [3.8, 4) is 11.1 Å².